The Hall–Kier alpha value is -1.43. The zero-order chi connectivity index (χ0) is 12.1. The highest BCUT2D eigenvalue weighted by atomic mass is 16.5. The van der Waals surface area contributed by atoms with Crippen molar-refractivity contribution in [1.82, 2.24) is 15.2 Å². The van der Waals surface area contributed by atoms with Crippen molar-refractivity contribution in [3.63, 3.8) is 0 Å². The van der Waals surface area contributed by atoms with Crippen LogP contribution in [0.1, 0.15) is 36.2 Å². The quantitative estimate of drug-likeness (QED) is 0.791. The summed E-state index contributed by atoms with van der Waals surface area (Å²) in [6.07, 6.45) is 2.99. The van der Waals surface area contributed by atoms with Crippen molar-refractivity contribution in [3.8, 4) is 0 Å². The highest BCUT2D eigenvalue weighted by Gasteiger charge is 2.18. The molecule has 0 spiro atoms. The molecule has 2 rings (SSSR count). The third kappa shape index (κ3) is 3.26. The van der Waals surface area contributed by atoms with Gasteiger partial charge in [-0.05, 0) is 25.7 Å². The average Bonchev–Trinajstić information content (AvgIpc) is 2.79. The van der Waals surface area contributed by atoms with Crippen LogP contribution in [0.5, 0.6) is 0 Å². The van der Waals surface area contributed by atoms with E-state index >= 15 is 0 Å². The summed E-state index contributed by atoms with van der Waals surface area (Å²) in [7, 11) is 0. The van der Waals surface area contributed by atoms with Gasteiger partial charge in [-0.25, -0.2) is 9.78 Å². The van der Waals surface area contributed by atoms with E-state index < -0.39 is 5.97 Å². The maximum atomic E-state index is 11.4. The molecule has 1 unspecified atom stereocenters. The van der Waals surface area contributed by atoms with Crippen LogP contribution < -0.4 is 0 Å². The van der Waals surface area contributed by atoms with E-state index in [1.165, 1.54) is 0 Å². The van der Waals surface area contributed by atoms with Gasteiger partial charge in [-0.1, -0.05) is 0 Å². The Morgan fingerprint density at radius 2 is 2.53 bits per heavy atom. The predicted molar refractivity (Wildman–Crippen MR) is 59.6 cm³/mol. The van der Waals surface area contributed by atoms with Gasteiger partial charge in [-0.2, -0.15) is 0 Å². The summed E-state index contributed by atoms with van der Waals surface area (Å²) >= 11 is 0. The van der Waals surface area contributed by atoms with Crippen LogP contribution in [-0.2, 0) is 15.9 Å². The lowest BCUT2D eigenvalue weighted by Gasteiger charge is -2.20. The predicted octanol–water partition coefficient (Wildman–Crippen LogP) is 0.950. The number of rotatable bonds is 4. The third-order valence-electron chi connectivity index (χ3n) is 2.73. The number of carbonyl (C=O) groups is 1. The summed E-state index contributed by atoms with van der Waals surface area (Å²) < 4.78 is 10.2. The molecular weight excluding hydrogens is 222 g/mol. The first-order valence-corrected chi connectivity index (χ1v) is 5.95. The second kappa shape index (κ2) is 5.77. The van der Waals surface area contributed by atoms with E-state index in [-0.39, 0.29) is 5.82 Å². The van der Waals surface area contributed by atoms with Gasteiger partial charge in [0.1, 0.15) is 5.82 Å². The van der Waals surface area contributed by atoms with Crippen LogP contribution in [0.2, 0.25) is 0 Å². The Bertz CT molecular complexity index is 372. The van der Waals surface area contributed by atoms with E-state index in [2.05, 4.69) is 15.2 Å². The highest BCUT2D eigenvalue weighted by molar-refractivity contribution is 5.84. The molecule has 1 aromatic heterocycles. The molecule has 2 heterocycles. The number of hydrogen-bond donors (Lipinski definition) is 1. The van der Waals surface area contributed by atoms with Gasteiger partial charge in [0.15, 0.2) is 0 Å². The molecule has 1 fully saturated rings. The molecule has 94 valence electrons. The van der Waals surface area contributed by atoms with Gasteiger partial charge in [0.05, 0.1) is 6.61 Å². The lowest BCUT2D eigenvalue weighted by Crippen LogP contribution is -2.19. The van der Waals surface area contributed by atoms with Crippen molar-refractivity contribution in [2.24, 2.45) is 5.92 Å². The fraction of sp³-hybridized carbons (Fsp3) is 0.727. The van der Waals surface area contributed by atoms with Crippen molar-refractivity contribution in [1.29, 1.82) is 0 Å². The van der Waals surface area contributed by atoms with Gasteiger partial charge in [0, 0.05) is 19.6 Å². The lowest BCUT2D eigenvalue weighted by molar-refractivity contribution is 0.0511. The summed E-state index contributed by atoms with van der Waals surface area (Å²) in [5.74, 6) is 0.823. The molecular formula is C11H17N3O3. The van der Waals surface area contributed by atoms with Crippen molar-refractivity contribution in [3.05, 3.63) is 11.6 Å². The summed E-state index contributed by atoms with van der Waals surface area (Å²) in [6.45, 7) is 3.69. The van der Waals surface area contributed by atoms with E-state index in [1.807, 2.05) is 0 Å². The van der Waals surface area contributed by atoms with E-state index in [4.69, 9.17) is 9.47 Å². The second-order valence-corrected chi connectivity index (χ2v) is 4.11. The zero-order valence-electron chi connectivity index (χ0n) is 9.94. The number of hydrogen-bond acceptors (Lipinski definition) is 5. The van der Waals surface area contributed by atoms with Gasteiger partial charge in [-0.15, -0.1) is 5.10 Å². The van der Waals surface area contributed by atoms with Crippen molar-refractivity contribution in [2.45, 2.75) is 26.2 Å². The standard InChI is InChI=1S/C11H17N3O3/c1-2-17-11(15)10-12-9(13-14-10)6-8-4-3-5-16-7-8/h8H,2-7H2,1H3,(H,12,13,14). The number of nitrogens with one attached hydrogen (secondary N) is 1. The molecule has 0 aromatic carbocycles. The van der Waals surface area contributed by atoms with Crippen LogP contribution in [-0.4, -0.2) is 41.0 Å². The van der Waals surface area contributed by atoms with Gasteiger partial charge in [-0.3, -0.25) is 5.10 Å². The normalized spacial score (nSPS) is 20.2. The topological polar surface area (TPSA) is 77.1 Å². The smallest absolute Gasteiger partial charge is 0.378 e. The third-order valence-corrected chi connectivity index (χ3v) is 2.73. The van der Waals surface area contributed by atoms with Gasteiger partial charge < -0.3 is 9.47 Å². The van der Waals surface area contributed by atoms with Crippen LogP contribution in [0, 0.1) is 5.92 Å². The SMILES string of the molecule is CCOC(=O)c1n[nH]c(CC2CCCOC2)n1. The van der Waals surface area contributed by atoms with Crippen LogP contribution in [0.15, 0.2) is 0 Å². The molecule has 0 saturated carbocycles. The molecule has 1 saturated heterocycles. The molecule has 0 aliphatic carbocycles. The molecule has 0 amide bonds. The number of aromatic nitrogens is 3. The maximum Gasteiger partial charge on any atom is 0.378 e. The van der Waals surface area contributed by atoms with Gasteiger partial charge >= 0.3 is 5.97 Å². The lowest BCUT2D eigenvalue weighted by atomic mass is 9.98. The largest absolute Gasteiger partial charge is 0.460 e. The van der Waals surface area contributed by atoms with E-state index in [0.717, 1.165) is 38.3 Å². The Morgan fingerprint density at radius 1 is 1.65 bits per heavy atom. The molecule has 0 bridgehead atoms. The maximum absolute atomic E-state index is 11.4. The van der Waals surface area contributed by atoms with Gasteiger partial charge in [0.25, 0.3) is 5.82 Å². The molecule has 6 nitrogen and oxygen atoms in total. The summed E-state index contributed by atoms with van der Waals surface area (Å²) in [4.78, 5) is 15.5. The van der Waals surface area contributed by atoms with Gasteiger partial charge in [0.2, 0.25) is 0 Å². The van der Waals surface area contributed by atoms with Crippen molar-refractivity contribution >= 4 is 5.97 Å². The number of ether oxygens (including phenoxy) is 2. The fourth-order valence-electron chi connectivity index (χ4n) is 1.92. The first kappa shape index (κ1) is 12.0. The summed E-state index contributed by atoms with van der Waals surface area (Å²) in [5.41, 5.74) is 0. The van der Waals surface area contributed by atoms with E-state index in [9.17, 15) is 4.79 Å². The van der Waals surface area contributed by atoms with Crippen LogP contribution >= 0.6 is 0 Å². The Balaban J connectivity index is 1.91. The van der Waals surface area contributed by atoms with Crippen LogP contribution in [0.3, 0.4) is 0 Å². The molecule has 17 heavy (non-hydrogen) atoms. The summed E-state index contributed by atoms with van der Waals surface area (Å²) in [6, 6.07) is 0. The molecule has 0 radical (unpaired) electrons. The first-order valence-electron chi connectivity index (χ1n) is 5.95. The molecule has 1 N–H and O–H groups in total. The fourth-order valence-corrected chi connectivity index (χ4v) is 1.92. The molecule has 1 atom stereocenters. The molecule has 6 heteroatoms. The molecule has 1 aliphatic rings. The monoisotopic (exact) mass is 239 g/mol. The number of aromatic amines is 1. The van der Waals surface area contributed by atoms with E-state index in [1.54, 1.807) is 6.92 Å². The summed E-state index contributed by atoms with van der Waals surface area (Å²) in [5, 5.41) is 6.62. The minimum Gasteiger partial charge on any atom is -0.460 e. The number of nitrogens with zero attached hydrogens (tertiary/aromatic N) is 2. The Kier molecular flexibility index (Phi) is 4.08. The highest BCUT2D eigenvalue weighted by Crippen LogP contribution is 2.16. The average molecular weight is 239 g/mol. The number of carbonyl (C=O) groups excluding carboxylic acids is 1. The Morgan fingerprint density at radius 3 is 3.24 bits per heavy atom. The van der Waals surface area contributed by atoms with Crippen molar-refractivity contribution in [2.75, 3.05) is 19.8 Å². The Labute approximate surface area is 99.7 Å². The van der Waals surface area contributed by atoms with Crippen LogP contribution in [0.25, 0.3) is 0 Å². The zero-order valence-corrected chi connectivity index (χ0v) is 9.94. The minimum atomic E-state index is -0.477. The molecule has 1 aliphatic heterocycles. The molecule has 1 aromatic rings. The minimum absolute atomic E-state index is 0.110. The van der Waals surface area contributed by atoms with Crippen molar-refractivity contribution < 1.29 is 14.3 Å². The van der Waals surface area contributed by atoms with E-state index in [0.29, 0.717) is 12.5 Å². The first-order chi connectivity index (χ1) is 8.29. The number of H-pyrrole nitrogens is 1. The second-order valence-electron chi connectivity index (χ2n) is 4.11. The number of esters is 1. The van der Waals surface area contributed by atoms with Crippen LogP contribution in [0.4, 0.5) is 0 Å².